The first-order valence-corrected chi connectivity index (χ1v) is 8.27. The van der Waals surface area contributed by atoms with Crippen LogP contribution in [0.25, 0.3) is 0 Å². The Morgan fingerprint density at radius 2 is 1.19 bits per heavy atom. The van der Waals surface area contributed by atoms with E-state index in [1.54, 1.807) is 24.3 Å². The number of carbonyl (C=O) groups is 2. The summed E-state index contributed by atoms with van der Waals surface area (Å²) in [5.74, 6) is 0.0138. The summed E-state index contributed by atoms with van der Waals surface area (Å²) in [4.78, 5) is 23.8. The maximum atomic E-state index is 12.8. The number of halogens is 1. The Kier molecular flexibility index (Phi) is 5.79. The van der Waals surface area contributed by atoms with Gasteiger partial charge in [-0.15, -0.1) is 0 Å². The van der Waals surface area contributed by atoms with E-state index >= 15 is 0 Å². The molecule has 2 amide bonds. The van der Waals surface area contributed by atoms with Crippen LogP contribution in [0, 0.1) is 5.82 Å². The van der Waals surface area contributed by atoms with Crippen LogP contribution in [0.5, 0.6) is 11.5 Å². The van der Waals surface area contributed by atoms with E-state index in [4.69, 9.17) is 4.74 Å². The molecule has 0 atom stereocenters. The van der Waals surface area contributed by atoms with Crippen molar-refractivity contribution in [3.05, 3.63) is 84.7 Å². The molecule has 27 heavy (non-hydrogen) atoms. The number of anilines is 2. The minimum Gasteiger partial charge on any atom is -0.457 e. The number of para-hydroxylation sites is 1. The van der Waals surface area contributed by atoms with Crippen molar-refractivity contribution in [2.75, 3.05) is 10.6 Å². The molecule has 0 heterocycles. The zero-order valence-corrected chi connectivity index (χ0v) is 14.3. The molecule has 0 aliphatic rings. The Balaban J connectivity index is 1.50. The lowest BCUT2D eigenvalue weighted by molar-refractivity contribution is -0.123. The average molecular weight is 364 g/mol. The van der Waals surface area contributed by atoms with E-state index in [1.165, 1.54) is 24.3 Å². The fourth-order valence-electron chi connectivity index (χ4n) is 2.32. The van der Waals surface area contributed by atoms with Crippen molar-refractivity contribution in [2.24, 2.45) is 0 Å². The van der Waals surface area contributed by atoms with Crippen molar-refractivity contribution in [3.8, 4) is 11.5 Å². The minimum atomic E-state index is -0.483. The number of ether oxygens (including phenoxy) is 1. The first-order chi connectivity index (χ1) is 13.1. The molecule has 3 aromatic rings. The lowest BCUT2D eigenvalue weighted by Crippen LogP contribution is -2.21. The number of benzene rings is 3. The lowest BCUT2D eigenvalue weighted by atomic mass is 10.2. The Morgan fingerprint density at radius 3 is 1.74 bits per heavy atom. The molecule has 2 N–H and O–H groups in total. The molecule has 0 aliphatic carbocycles. The topological polar surface area (TPSA) is 67.4 Å². The summed E-state index contributed by atoms with van der Waals surface area (Å²) in [7, 11) is 0. The molecule has 5 nitrogen and oxygen atoms in total. The SMILES string of the molecule is O=C(CC(=O)Nc1ccc(Oc2ccccc2)cc1)Nc1ccc(F)cc1. The zero-order chi connectivity index (χ0) is 19.1. The molecule has 136 valence electrons. The zero-order valence-electron chi connectivity index (χ0n) is 14.3. The van der Waals surface area contributed by atoms with Gasteiger partial charge in [0.05, 0.1) is 0 Å². The van der Waals surface area contributed by atoms with Crippen molar-refractivity contribution in [3.63, 3.8) is 0 Å². The molecule has 0 aliphatic heterocycles. The van der Waals surface area contributed by atoms with Crippen LogP contribution < -0.4 is 15.4 Å². The van der Waals surface area contributed by atoms with Gasteiger partial charge in [-0.3, -0.25) is 9.59 Å². The minimum absolute atomic E-state index is 0.348. The second-order valence-corrected chi connectivity index (χ2v) is 5.72. The normalized spacial score (nSPS) is 10.1. The van der Waals surface area contributed by atoms with Crippen LogP contribution in [0.4, 0.5) is 15.8 Å². The van der Waals surface area contributed by atoms with Gasteiger partial charge < -0.3 is 15.4 Å². The van der Waals surface area contributed by atoms with Crippen LogP contribution in [-0.4, -0.2) is 11.8 Å². The summed E-state index contributed by atoms with van der Waals surface area (Å²) in [6.45, 7) is 0. The fraction of sp³-hybridized carbons (Fsp3) is 0.0476. The summed E-state index contributed by atoms with van der Waals surface area (Å²) >= 11 is 0. The summed E-state index contributed by atoms with van der Waals surface area (Å²) in [5.41, 5.74) is 0.978. The number of nitrogens with one attached hydrogen (secondary N) is 2. The highest BCUT2D eigenvalue weighted by molar-refractivity contribution is 6.08. The number of carbonyl (C=O) groups excluding carboxylic acids is 2. The largest absolute Gasteiger partial charge is 0.457 e. The second-order valence-electron chi connectivity index (χ2n) is 5.72. The number of hydrogen-bond donors (Lipinski definition) is 2. The van der Waals surface area contributed by atoms with Crippen molar-refractivity contribution >= 4 is 23.2 Å². The average Bonchev–Trinajstić information content (AvgIpc) is 2.66. The van der Waals surface area contributed by atoms with Gasteiger partial charge in [0.2, 0.25) is 11.8 Å². The predicted octanol–water partition coefficient (Wildman–Crippen LogP) is 4.59. The maximum Gasteiger partial charge on any atom is 0.233 e. The number of rotatable bonds is 6. The summed E-state index contributed by atoms with van der Waals surface area (Å²) in [5, 5.41) is 5.18. The van der Waals surface area contributed by atoms with Gasteiger partial charge in [0.15, 0.2) is 0 Å². The molecule has 0 spiro atoms. The van der Waals surface area contributed by atoms with E-state index in [2.05, 4.69) is 10.6 Å². The highest BCUT2D eigenvalue weighted by atomic mass is 19.1. The predicted molar refractivity (Wildman–Crippen MR) is 101 cm³/mol. The molecule has 0 saturated carbocycles. The van der Waals surface area contributed by atoms with Gasteiger partial charge in [-0.05, 0) is 60.7 Å². The summed E-state index contributed by atoms with van der Waals surface area (Å²) < 4.78 is 18.5. The van der Waals surface area contributed by atoms with Gasteiger partial charge >= 0.3 is 0 Å². The van der Waals surface area contributed by atoms with Crippen molar-refractivity contribution in [1.29, 1.82) is 0 Å². The van der Waals surface area contributed by atoms with Gasteiger partial charge in [-0.1, -0.05) is 18.2 Å². The number of amides is 2. The first-order valence-electron chi connectivity index (χ1n) is 8.27. The molecular weight excluding hydrogens is 347 g/mol. The number of hydrogen-bond acceptors (Lipinski definition) is 3. The van der Waals surface area contributed by atoms with E-state index in [0.717, 1.165) is 0 Å². The molecule has 3 rings (SSSR count). The Labute approximate surface area is 155 Å². The Hall–Kier alpha value is -3.67. The third-order valence-electron chi connectivity index (χ3n) is 3.57. The maximum absolute atomic E-state index is 12.8. The smallest absolute Gasteiger partial charge is 0.233 e. The third kappa shape index (κ3) is 5.67. The summed E-state index contributed by atoms with van der Waals surface area (Å²) in [6.07, 6.45) is -0.348. The van der Waals surface area contributed by atoms with Crippen LogP contribution >= 0.6 is 0 Å². The quantitative estimate of drug-likeness (QED) is 0.629. The van der Waals surface area contributed by atoms with Crippen molar-refractivity contribution < 1.29 is 18.7 Å². The van der Waals surface area contributed by atoms with Crippen molar-refractivity contribution in [2.45, 2.75) is 6.42 Å². The first kappa shape index (κ1) is 18.1. The van der Waals surface area contributed by atoms with E-state index in [9.17, 15) is 14.0 Å². The van der Waals surface area contributed by atoms with Crippen molar-refractivity contribution in [1.82, 2.24) is 0 Å². The van der Waals surface area contributed by atoms with Gasteiger partial charge in [-0.25, -0.2) is 4.39 Å². The molecule has 0 bridgehead atoms. The lowest BCUT2D eigenvalue weighted by Gasteiger charge is -2.08. The van der Waals surface area contributed by atoms with E-state index in [-0.39, 0.29) is 6.42 Å². The summed E-state index contributed by atoms with van der Waals surface area (Å²) in [6, 6.07) is 21.5. The molecule has 0 saturated heterocycles. The Morgan fingerprint density at radius 1 is 0.704 bits per heavy atom. The molecule has 6 heteroatoms. The Bertz CT molecular complexity index is 910. The molecule has 0 aromatic heterocycles. The molecule has 3 aromatic carbocycles. The second kappa shape index (κ2) is 8.62. The van der Waals surface area contributed by atoms with Gasteiger partial charge in [0, 0.05) is 11.4 Å². The molecule has 0 fully saturated rings. The monoisotopic (exact) mass is 364 g/mol. The van der Waals surface area contributed by atoms with Gasteiger partial charge in [0.25, 0.3) is 0 Å². The van der Waals surface area contributed by atoms with Crippen LogP contribution in [0.3, 0.4) is 0 Å². The molecule has 0 radical (unpaired) electrons. The van der Waals surface area contributed by atoms with Crippen LogP contribution in [0.2, 0.25) is 0 Å². The third-order valence-corrected chi connectivity index (χ3v) is 3.57. The standard InChI is InChI=1S/C21H17FN2O3/c22-15-6-8-16(9-7-15)23-20(25)14-21(26)24-17-10-12-19(13-11-17)27-18-4-2-1-3-5-18/h1-13H,14H2,(H,23,25)(H,24,26). The van der Waals surface area contributed by atoms with Gasteiger partial charge in [0.1, 0.15) is 23.7 Å². The fourth-order valence-corrected chi connectivity index (χ4v) is 2.32. The van der Waals surface area contributed by atoms with E-state index in [0.29, 0.717) is 22.9 Å². The van der Waals surface area contributed by atoms with Crippen LogP contribution in [0.15, 0.2) is 78.9 Å². The highest BCUT2D eigenvalue weighted by Crippen LogP contribution is 2.22. The van der Waals surface area contributed by atoms with E-state index in [1.807, 2.05) is 30.3 Å². The van der Waals surface area contributed by atoms with Gasteiger partial charge in [-0.2, -0.15) is 0 Å². The van der Waals surface area contributed by atoms with Crippen LogP contribution in [-0.2, 0) is 9.59 Å². The molecular formula is C21H17FN2O3. The van der Waals surface area contributed by atoms with Crippen LogP contribution in [0.1, 0.15) is 6.42 Å². The molecule has 0 unspecified atom stereocenters. The highest BCUT2D eigenvalue weighted by Gasteiger charge is 2.10. The van der Waals surface area contributed by atoms with E-state index < -0.39 is 17.6 Å².